The Morgan fingerprint density at radius 3 is 2.51 bits per heavy atom. The highest BCUT2D eigenvalue weighted by Crippen LogP contribution is 2.32. The van der Waals surface area contributed by atoms with Crippen LogP contribution in [-0.4, -0.2) is 27.3 Å². The van der Waals surface area contributed by atoms with Crippen molar-refractivity contribution in [1.29, 1.82) is 0 Å². The average Bonchev–Trinajstić information content (AvgIpc) is 3.43. The summed E-state index contributed by atoms with van der Waals surface area (Å²) in [5.74, 6) is -0.163. The van der Waals surface area contributed by atoms with E-state index in [1.807, 2.05) is 24.3 Å². The van der Waals surface area contributed by atoms with Gasteiger partial charge in [-0.05, 0) is 65.7 Å². The molecule has 6 rings (SSSR count). The summed E-state index contributed by atoms with van der Waals surface area (Å²) >= 11 is 12.0. The standard InChI is InChI=1S/C20H18N2O3.C13H8Cl2N2O/c1-20(25,15-8-3-2-4-9-15)19(24)22-21-13-17-16-10-6-5-7-14(16)11-12-18(17)23;14-7-1-3-10(15)9(5-7)13-17-11-6-8(16)2-4-12(11)18-13/h2-13,23,25H,1H3,(H,22,24);1-6H,16H2. The van der Waals surface area contributed by atoms with E-state index in [4.69, 9.17) is 33.4 Å². The van der Waals surface area contributed by atoms with Crippen molar-refractivity contribution in [3.63, 3.8) is 0 Å². The Bertz CT molecular complexity index is 1960. The second-order valence-corrected chi connectivity index (χ2v) is 10.6. The highest BCUT2D eigenvalue weighted by molar-refractivity contribution is 6.35. The minimum absolute atomic E-state index is 0.0616. The Morgan fingerprint density at radius 2 is 1.72 bits per heavy atom. The average molecular weight is 614 g/mol. The van der Waals surface area contributed by atoms with Gasteiger partial charge in [-0.2, -0.15) is 5.10 Å². The third-order valence-electron chi connectivity index (χ3n) is 6.66. The summed E-state index contributed by atoms with van der Waals surface area (Å²) in [4.78, 5) is 16.6. The maximum Gasteiger partial charge on any atom is 0.276 e. The number of phenols is 1. The number of hydrogen-bond donors (Lipinski definition) is 4. The number of benzene rings is 5. The minimum Gasteiger partial charge on any atom is -0.507 e. The molecule has 1 atom stereocenters. The molecule has 0 aliphatic carbocycles. The summed E-state index contributed by atoms with van der Waals surface area (Å²) in [7, 11) is 0. The number of carbonyl (C=O) groups excluding carboxylic acids is 1. The zero-order valence-corrected chi connectivity index (χ0v) is 24.3. The highest BCUT2D eigenvalue weighted by Gasteiger charge is 2.32. The predicted molar refractivity (Wildman–Crippen MR) is 171 cm³/mol. The van der Waals surface area contributed by atoms with Crippen molar-refractivity contribution in [3.05, 3.63) is 124 Å². The fraction of sp³-hybridized carbons (Fsp3) is 0.0606. The molecule has 1 aromatic heterocycles. The number of amides is 1. The van der Waals surface area contributed by atoms with Gasteiger partial charge in [0.15, 0.2) is 11.2 Å². The number of aromatic hydroxyl groups is 1. The first-order chi connectivity index (χ1) is 20.6. The zero-order chi connectivity index (χ0) is 30.6. The molecule has 43 heavy (non-hydrogen) atoms. The maximum absolute atomic E-state index is 12.3. The van der Waals surface area contributed by atoms with Gasteiger partial charge in [-0.1, -0.05) is 83.9 Å². The summed E-state index contributed by atoms with van der Waals surface area (Å²) in [5.41, 5.74) is 9.95. The molecule has 5 N–H and O–H groups in total. The molecule has 0 aliphatic heterocycles. The molecule has 0 fully saturated rings. The van der Waals surface area contributed by atoms with Crippen molar-refractivity contribution >= 4 is 62.9 Å². The van der Waals surface area contributed by atoms with Gasteiger partial charge in [0.25, 0.3) is 5.91 Å². The van der Waals surface area contributed by atoms with Gasteiger partial charge in [-0.3, -0.25) is 4.79 Å². The summed E-state index contributed by atoms with van der Waals surface area (Å²) in [5, 5.41) is 27.3. The molecule has 10 heteroatoms. The number of hydrazone groups is 1. The van der Waals surface area contributed by atoms with E-state index in [-0.39, 0.29) is 5.75 Å². The van der Waals surface area contributed by atoms with Crippen molar-refractivity contribution in [2.75, 3.05) is 5.73 Å². The molecule has 8 nitrogen and oxygen atoms in total. The number of aliphatic hydroxyl groups is 1. The SMILES string of the molecule is CC(O)(C(=O)NN=Cc1c(O)ccc2ccccc12)c1ccccc1.Nc1ccc2oc(-c3cc(Cl)ccc3Cl)nc2c1. The number of anilines is 1. The molecule has 1 unspecified atom stereocenters. The molecule has 1 amide bonds. The van der Waals surface area contributed by atoms with E-state index < -0.39 is 11.5 Å². The molecule has 0 saturated carbocycles. The number of nitrogens with zero attached hydrogens (tertiary/aromatic N) is 2. The van der Waals surface area contributed by atoms with Crippen LogP contribution in [0, 0.1) is 0 Å². The number of halogens is 2. The van der Waals surface area contributed by atoms with Gasteiger partial charge in [-0.15, -0.1) is 0 Å². The lowest BCUT2D eigenvalue weighted by Crippen LogP contribution is -2.40. The van der Waals surface area contributed by atoms with Gasteiger partial charge in [-0.25, -0.2) is 10.4 Å². The molecule has 0 aliphatic rings. The largest absolute Gasteiger partial charge is 0.507 e. The quantitative estimate of drug-likeness (QED) is 0.0917. The molecule has 0 saturated heterocycles. The van der Waals surface area contributed by atoms with E-state index >= 15 is 0 Å². The van der Waals surface area contributed by atoms with Crippen LogP contribution in [0.3, 0.4) is 0 Å². The Hall–Kier alpha value is -4.89. The van der Waals surface area contributed by atoms with E-state index in [2.05, 4.69) is 15.5 Å². The summed E-state index contributed by atoms with van der Waals surface area (Å²) in [6.45, 7) is 1.41. The number of oxazole rings is 1. The fourth-order valence-corrected chi connectivity index (χ4v) is 4.67. The van der Waals surface area contributed by atoms with Crippen LogP contribution < -0.4 is 11.2 Å². The third-order valence-corrected chi connectivity index (χ3v) is 7.22. The summed E-state index contributed by atoms with van der Waals surface area (Å²) in [6, 6.07) is 30.0. The lowest BCUT2D eigenvalue weighted by Gasteiger charge is -2.21. The number of hydrogen-bond acceptors (Lipinski definition) is 7. The smallest absolute Gasteiger partial charge is 0.276 e. The molecule has 1 heterocycles. The van der Waals surface area contributed by atoms with Crippen LogP contribution in [0.4, 0.5) is 5.69 Å². The molecule has 0 bridgehead atoms. The molecule has 0 radical (unpaired) electrons. The van der Waals surface area contributed by atoms with Gasteiger partial charge in [0.2, 0.25) is 5.89 Å². The number of carbonyl (C=O) groups is 1. The lowest BCUT2D eigenvalue weighted by molar-refractivity contribution is -0.138. The second-order valence-electron chi connectivity index (χ2n) is 9.73. The first-order valence-electron chi connectivity index (χ1n) is 13.1. The zero-order valence-electron chi connectivity index (χ0n) is 22.8. The highest BCUT2D eigenvalue weighted by atomic mass is 35.5. The number of fused-ring (bicyclic) bond motifs is 2. The summed E-state index contributed by atoms with van der Waals surface area (Å²) < 4.78 is 5.64. The van der Waals surface area contributed by atoms with Gasteiger partial charge >= 0.3 is 0 Å². The molecule has 216 valence electrons. The van der Waals surface area contributed by atoms with Crippen LogP contribution in [0.25, 0.3) is 33.3 Å². The van der Waals surface area contributed by atoms with Crippen molar-refractivity contribution in [2.24, 2.45) is 5.10 Å². The summed E-state index contributed by atoms with van der Waals surface area (Å²) in [6.07, 6.45) is 1.37. The first-order valence-corrected chi connectivity index (χ1v) is 13.8. The molecule has 0 spiro atoms. The Morgan fingerprint density at radius 1 is 0.977 bits per heavy atom. The Kier molecular flexibility index (Phi) is 8.63. The normalized spacial score (nSPS) is 12.6. The molecular formula is C33H26Cl2N4O4. The van der Waals surface area contributed by atoms with Crippen LogP contribution >= 0.6 is 23.2 Å². The van der Waals surface area contributed by atoms with Crippen molar-refractivity contribution in [1.82, 2.24) is 10.4 Å². The monoisotopic (exact) mass is 612 g/mol. The number of nitrogens with one attached hydrogen (secondary N) is 1. The number of phenolic OH excluding ortho intramolecular Hbond substituents is 1. The predicted octanol–water partition coefficient (Wildman–Crippen LogP) is 7.29. The maximum atomic E-state index is 12.3. The van der Waals surface area contributed by atoms with Crippen molar-refractivity contribution in [3.8, 4) is 17.2 Å². The number of nitrogen functional groups attached to an aromatic ring is 1. The van der Waals surface area contributed by atoms with E-state index in [9.17, 15) is 15.0 Å². The molecule has 5 aromatic carbocycles. The Labute approximate surface area is 257 Å². The molecule has 6 aromatic rings. The number of aromatic nitrogens is 1. The van der Waals surface area contributed by atoms with E-state index in [1.54, 1.807) is 78.9 Å². The second kappa shape index (κ2) is 12.5. The molecular weight excluding hydrogens is 587 g/mol. The van der Waals surface area contributed by atoms with Crippen LogP contribution in [0.1, 0.15) is 18.1 Å². The fourth-order valence-electron chi connectivity index (χ4n) is 4.30. The van der Waals surface area contributed by atoms with Gasteiger partial charge in [0.1, 0.15) is 11.3 Å². The topological polar surface area (TPSA) is 134 Å². The van der Waals surface area contributed by atoms with Crippen LogP contribution in [0.5, 0.6) is 5.75 Å². The van der Waals surface area contributed by atoms with Gasteiger partial charge in [0.05, 0.1) is 16.8 Å². The van der Waals surface area contributed by atoms with Crippen molar-refractivity contribution in [2.45, 2.75) is 12.5 Å². The van der Waals surface area contributed by atoms with E-state index in [0.717, 1.165) is 10.8 Å². The van der Waals surface area contributed by atoms with Crippen molar-refractivity contribution < 1.29 is 19.4 Å². The van der Waals surface area contributed by atoms with Gasteiger partial charge < -0.3 is 20.4 Å². The van der Waals surface area contributed by atoms with Gasteiger partial charge in [0, 0.05) is 16.3 Å². The number of nitrogens with two attached hydrogens (primary N) is 1. The number of rotatable bonds is 5. The van der Waals surface area contributed by atoms with E-state index in [0.29, 0.717) is 49.4 Å². The van der Waals surface area contributed by atoms with Crippen LogP contribution in [0.2, 0.25) is 10.0 Å². The van der Waals surface area contributed by atoms with Crippen LogP contribution in [-0.2, 0) is 10.4 Å². The third kappa shape index (κ3) is 6.62. The van der Waals surface area contributed by atoms with E-state index in [1.165, 1.54) is 13.1 Å². The Balaban J connectivity index is 0.000000180. The van der Waals surface area contributed by atoms with Crippen LogP contribution in [0.15, 0.2) is 113 Å². The lowest BCUT2D eigenvalue weighted by atomic mass is 9.95. The minimum atomic E-state index is -1.71. The first kappa shape index (κ1) is 29.6.